The summed E-state index contributed by atoms with van der Waals surface area (Å²) < 4.78 is 36.4. The standard InChI is InChI=1S/C13H18F3N3/c1-19(8-7-13(14,15)16)9-11(12(17)18)10-5-3-2-4-6-10/h2-6,11H,7-9H2,1H3,(H3,17,18). The molecule has 0 fully saturated rings. The summed E-state index contributed by atoms with van der Waals surface area (Å²) in [5, 5.41) is 7.57. The molecule has 1 atom stereocenters. The van der Waals surface area contributed by atoms with Crippen molar-refractivity contribution in [1.82, 2.24) is 4.90 Å². The molecular weight excluding hydrogens is 255 g/mol. The van der Waals surface area contributed by atoms with Gasteiger partial charge in [0.05, 0.1) is 18.2 Å². The third-order valence-corrected chi connectivity index (χ3v) is 2.85. The molecule has 19 heavy (non-hydrogen) atoms. The summed E-state index contributed by atoms with van der Waals surface area (Å²) in [6.07, 6.45) is -5.02. The number of amidine groups is 1. The van der Waals surface area contributed by atoms with Gasteiger partial charge in [-0.05, 0) is 12.6 Å². The predicted octanol–water partition coefficient (Wildman–Crippen LogP) is 2.59. The summed E-state index contributed by atoms with van der Waals surface area (Å²) in [6, 6.07) is 9.13. The van der Waals surface area contributed by atoms with Crippen LogP contribution in [0.25, 0.3) is 0 Å². The van der Waals surface area contributed by atoms with Gasteiger partial charge in [0.1, 0.15) is 0 Å². The molecule has 0 radical (unpaired) electrons. The number of hydrogen-bond acceptors (Lipinski definition) is 2. The van der Waals surface area contributed by atoms with Gasteiger partial charge >= 0.3 is 6.18 Å². The van der Waals surface area contributed by atoms with E-state index in [-0.39, 0.29) is 18.3 Å². The molecular formula is C13H18F3N3. The van der Waals surface area contributed by atoms with Crippen LogP contribution >= 0.6 is 0 Å². The van der Waals surface area contributed by atoms with Crippen LogP contribution in [0.1, 0.15) is 17.9 Å². The number of benzene rings is 1. The molecule has 0 aliphatic rings. The molecule has 0 spiro atoms. The summed E-state index contributed by atoms with van der Waals surface area (Å²) in [5.41, 5.74) is 6.37. The predicted molar refractivity (Wildman–Crippen MR) is 69.3 cm³/mol. The summed E-state index contributed by atoms with van der Waals surface area (Å²) in [7, 11) is 1.60. The first kappa shape index (κ1) is 15.5. The molecule has 1 aromatic carbocycles. The number of nitrogens with zero attached hydrogens (tertiary/aromatic N) is 1. The van der Waals surface area contributed by atoms with Gasteiger partial charge in [-0.3, -0.25) is 5.41 Å². The Bertz CT molecular complexity index is 403. The highest BCUT2D eigenvalue weighted by Crippen LogP contribution is 2.21. The smallest absolute Gasteiger partial charge is 0.387 e. The Hall–Kier alpha value is -1.56. The van der Waals surface area contributed by atoms with Gasteiger partial charge in [0, 0.05) is 13.1 Å². The monoisotopic (exact) mass is 273 g/mol. The highest BCUT2D eigenvalue weighted by molar-refractivity contribution is 5.84. The maximum absolute atomic E-state index is 12.1. The molecule has 0 aliphatic carbocycles. The van der Waals surface area contributed by atoms with Gasteiger partial charge < -0.3 is 10.6 Å². The zero-order valence-corrected chi connectivity index (χ0v) is 10.7. The van der Waals surface area contributed by atoms with Gasteiger partial charge in [0.15, 0.2) is 0 Å². The average molecular weight is 273 g/mol. The Labute approximate surface area is 110 Å². The fourth-order valence-corrected chi connectivity index (χ4v) is 1.79. The van der Waals surface area contributed by atoms with Gasteiger partial charge in [-0.2, -0.15) is 13.2 Å². The van der Waals surface area contributed by atoms with Crippen LogP contribution in [-0.4, -0.2) is 37.0 Å². The SMILES string of the molecule is CN(CCC(F)(F)F)CC(C(=N)N)c1ccccc1. The van der Waals surface area contributed by atoms with E-state index in [1.807, 2.05) is 30.3 Å². The molecule has 0 saturated heterocycles. The van der Waals surface area contributed by atoms with Crippen LogP contribution < -0.4 is 5.73 Å². The molecule has 3 N–H and O–H groups in total. The minimum atomic E-state index is -4.16. The van der Waals surface area contributed by atoms with E-state index in [1.54, 1.807) is 11.9 Å². The number of hydrogen-bond donors (Lipinski definition) is 2. The molecule has 0 amide bonds. The van der Waals surface area contributed by atoms with Crippen molar-refractivity contribution in [3.63, 3.8) is 0 Å². The lowest BCUT2D eigenvalue weighted by molar-refractivity contribution is -0.137. The summed E-state index contributed by atoms with van der Waals surface area (Å²) >= 11 is 0. The van der Waals surface area contributed by atoms with Crippen LogP contribution in [0.2, 0.25) is 0 Å². The van der Waals surface area contributed by atoms with Crippen molar-refractivity contribution in [3.05, 3.63) is 35.9 Å². The summed E-state index contributed by atoms with van der Waals surface area (Å²) in [5.74, 6) is -0.413. The highest BCUT2D eigenvalue weighted by Gasteiger charge is 2.27. The normalized spacial score (nSPS) is 13.5. The Morgan fingerprint density at radius 3 is 2.37 bits per heavy atom. The lowest BCUT2D eigenvalue weighted by Crippen LogP contribution is -2.34. The zero-order chi connectivity index (χ0) is 14.5. The van der Waals surface area contributed by atoms with Crippen LogP contribution in [0.4, 0.5) is 13.2 Å². The second-order valence-corrected chi connectivity index (χ2v) is 4.55. The minimum Gasteiger partial charge on any atom is -0.387 e. The fraction of sp³-hybridized carbons (Fsp3) is 0.462. The molecule has 106 valence electrons. The molecule has 1 unspecified atom stereocenters. The highest BCUT2D eigenvalue weighted by atomic mass is 19.4. The minimum absolute atomic E-state index is 0.0370. The van der Waals surface area contributed by atoms with Crippen LogP contribution in [-0.2, 0) is 0 Å². The summed E-state index contributed by atoms with van der Waals surface area (Å²) in [6.45, 7) is 0.204. The Balaban J connectivity index is 2.62. The van der Waals surface area contributed by atoms with Gasteiger partial charge in [-0.1, -0.05) is 30.3 Å². The first-order chi connectivity index (χ1) is 8.79. The fourth-order valence-electron chi connectivity index (χ4n) is 1.79. The van der Waals surface area contributed by atoms with Gasteiger partial charge in [0.25, 0.3) is 0 Å². The second-order valence-electron chi connectivity index (χ2n) is 4.55. The average Bonchev–Trinajstić information content (AvgIpc) is 2.33. The molecule has 0 aromatic heterocycles. The number of nitrogens with one attached hydrogen (secondary N) is 1. The maximum atomic E-state index is 12.1. The number of nitrogens with two attached hydrogens (primary N) is 1. The zero-order valence-electron chi connectivity index (χ0n) is 10.7. The molecule has 0 heterocycles. The van der Waals surface area contributed by atoms with Crippen LogP contribution in [0.15, 0.2) is 30.3 Å². The number of rotatable bonds is 6. The summed E-state index contributed by atoms with van der Waals surface area (Å²) in [4.78, 5) is 1.55. The second kappa shape index (κ2) is 6.56. The van der Waals surface area contributed by atoms with Crippen molar-refractivity contribution in [2.24, 2.45) is 5.73 Å². The van der Waals surface area contributed by atoms with Crippen molar-refractivity contribution in [1.29, 1.82) is 5.41 Å². The number of halogens is 3. The Morgan fingerprint density at radius 1 is 1.32 bits per heavy atom. The van der Waals surface area contributed by atoms with Crippen molar-refractivity contribution in [2.75, 3.05) is 20.1 Å². The molecule has 6 heteroatoms. The van der Waals surface area contributed by atoms with Gasteiger partial charge in [-0.15, -0.1) is 0 Å². The van der Waals surface area contributed by atoms with Gasteiger partial charge in [-0.25, -0.2) is 0 Å². The van der Waals surface area contributed by atoms with Crippen molar-refractivity contribution >= 4 is 5.84 Å². The molecule has 3 nitrogen and oxygen atoms in total. The van der Waals surface area contributed by atoms with E-state index in [0.29, 0.717) is 6.54 Å². The molecule has 0 bridgehead atoms. The molecule has 1 aromatic rings. The van der Waals surface area contributed by atoms with E-state index in [9.17, 15) is 13.2 Å². The lowest BCUT2D eigenvalue weighted by atomic mass is 9.97. The van der Waals surface area contributed by atoms with Crippen LogP contribution in [0.3, 0.4) is 0 Å². The maximum Gasteiger partial charge on any atom is 0.390 e. The lowest BCUT2D eigenvalue weighted by Gasteiger charge is -2.24. The van der Waals surface area contributed by atoms with E-state index in [0.717, 1.165) is 5.56 Å². The number of alkyl halides is 3. The van der Waals surface area contributed by atoms with E-state index in [1.165, 1.54) is 0 Å². The van der Waals surface area contributed by atoms with E-state index >= 15 is 0 Å². The Morgan fingerprint density at radius 2 is 1.89 bits per heavy atom. The Kier molecular flexibility index (Phi) is 5.35. The van der Waals surface area contributed by atoms with Crippen LogP contribution in [0.5, 0.6) is 0 Å². The first-order valence-corrected chi connectivity index (χ1v) is 5.94. The van der Waals surface area contributed by atoms with Crippen molar-refractivity contribution in [2.45, 2.75) is 18.5 Å². The van der Waals surface area contributed by atoms with Crippen molar-refractivity contribution in [3.8, 4) is 0 Å². The van der Waals surface area contributed by atoms with Crippen molar-refractivity contribution < 1.29 is 13.2 Å². The molecule has 1 rings (SSSR count). The van der Waals surface area contributed by atoms with E-state index in [2.05, 4.69) is 0 Å². The third kappa shape index (κ3) is 5.74. The molecule has 0 aliphatic heterocycles. The first-order valence-electron chi connectivity index (χ1n) is 5.94. The largest absolute Gasteiger partial charge is 0.390 e. The quantitative estimate of drug-likeness (QED) is 0.618. The van der Waals surface area contributed by atoms with E-state index < -0.39 is 12.6 Å². The van der Waals surface area contributed by atoms with Gasteiger partial charge in [0.2, 0.25) is 0 Å². The third-order valence-electron chi connectivity index (χ3n) is 2.85. The number of likely N-dealkylation sites (N-methyl/N-ethyl adjacent to an activating group) is 1. The van der Waals surface area contributed by atoms with E-state index in [4.69, 9.17) is 11.1 Å². The topological polar surface area (TPSA) is 53.1 Å². The molecule has 0 saturated carbocycles. The van der Waals surface area contributed by atoms with Crippen LogP contribution in [0, 0.1) is 5.41 Å².